The topological polar surface area (TPSA) is 101 Å². The highest BCUT2D eigenvalue weighted by molar-refractivity contribution is 7.87. The molecule has 130 valence electrons. The van der Waals surface area contributed by atoms with Crippen LogP contribution in [-0.4, -0.2) is 53.8 Å². The molecule has 0 aromatic carbocycles. The molecular weight excluding hydrogens is 357 g/mol. The van der Waals surface area contributed by atoms with Crippen molar-refractivity contribution in [3.8, 4) is 0 Å². The quantitative estimate of drug-likeness (QED) is 0.452. The van der Waals surface area contributed by atoms with Crippen LogP contribution in [0.5, 0.6) is 0 Å². The molecular formula is C10H8F5NO6S. The fourth-order valence-corrected chi connectivity index (χ4v) is 2.90. The van der Waals surface area contributed by atoms with Crippen molar-refractivity contribution in [2.24, 2.45) is 0 Å². The fraction of sp³-hybridized carbons (Fsp3) is 0.600. The number of hydrogen-bond acceptors (Lipinski definition) is 5. The lowest BCUT2D eigenvalue weighted by Gasteiger charge is -2.36. The molecule has 1 amide bonds. The maximum atomic E-state index is 14.1. The summed E-state index contributed by atoms with van der Waals surface area (Å²) < 4.78 is 90.0. The molecule has 0 spiro atoms. The molecule has 2 atom stereocenters. The minimum Gasteiger partial charge on any atom is -0.480 e. The maximum absolute atomic E-state index is 14.1. The van der Waals surface area contributed by atoms with E-state index in [0.29, 0.717) is 4.90 Å². The van der Waals surface area contributed by atoms with Gasteiger partial charge in [-0.1, -0.05) is 0 Å². The molecule has 2 heterocycles. The summed E-state index contributed by atoms with van der Waals surface area (Å²) in [4.78, 5) is 22.9. The maximum Gasteiger partial charge on any atom is 0.534 e. The molecule has 2 aliphatic rings. The number of carboxylic acid groups (broad SMARTS) is 1. The van der Waals surface area contributed by atoms with Gasteiger partial charge in [0, 0.05) is 6.08 Å². The predicted octanol–water partition coefficient (Wildman–Crippen LogP) is 0.830. The number of halogens is 5. The Morgan fingerprint density at radius 1 is 1.35 bits per heavy atom. The number of carbonyl (C=O) groups excluding carboxylic acids is 1. The monoisotopic (exact) mass is 365 g/mol. The van der Waals surface area contributed by atoms with Gasteiger partial charge >= 0.3 is 27.5 Å². The Balaban J connectivity index is 2.41. The third-order valence-electron chi connectivity index (χ3n) is 3.41. The zero-order chi connectivity index (χ0) is 17.8. The summed E-state index contributed by atoms with van der Waals surface area (Å²) in [5, 5.41) is 8.86. The van der Waals surface area contributed by atoms with Gasteiger partial charge in [0.1, 0.15) is 12.1 Å². The van der Waals surface area contributed by atoms with E-state index in [4.69, 9.17) is 5.11 Å². The molecule has 13 heteroatoms. The average Bonchev–Trinajstić information content (AvgIpc) is 2.80. The van der Waals surface area contributed by atoms with Crippen LogP contribution in [0.2, 0.25) is 0 Å². The Bertz CT molecular complexity index is 684. The highest BCUT2D eigenvalue weighted by atomic mass is 32.2. The van der Waals surface area contributed by atoms with Gasteiger partial charge in [-0.25, -0.2) is 4.79 Å². The van der Waals surface area contributed by atoms with E-state index in [1.165, 1.54) is 0 Å². The number of alkyl halides is 5. The molecule has 0 bridgehead atoms. The molecule has 1 N–H and O–H groups in total. The number of carbonyl (C=O) groups is 2. The van der Waals surface area contributed by atoms with E-state index in [1.54, 1.807) is 0 Å². The smallest absolute Gasteiger partial charge is 0.480 e. The number of hydrogen-bond donors (Lipinski definition) is 1. The van der Waals surface area contributed by atoms with Crippen LogP contribution in [0.1, 0.15) is 12.8 Å². The Labute approximate surface area is 125 Å². The lowest BCUT2D eigenvalue weighted by atomic mass is 10.0. The summed E-state index contributed by atoms with van der Waals surface area (Å²) >= 11 is 0. The number of fused-ring (bicyclic) bond motifs is 1. The van der Waals surface area contributed by atoms with Crippen LogP contribution < -0.4 is 0 Å². The van der Waals surface area contributed by atoms with E-state index in [2.05, 4.69) is 4.18 Å². The van der Waals surface area contributed by atoms with E-state index in [-0.39, 0.29) is 12.5 Å². The number of aliphatic carboxylic acids is 1. The molecule has 1 unspecified atom stereocenters. The van der Waals surface area contributed by atoms with Gasteiger partial charge in [-0.3, -0.25) is 4.79 Å². The largest absolute Gasteiger partial charge is 0.534 e. The number of amides is 1. The van der Waals surface area contributed by atoms with Crippen LogP contribution in [0.3, 0.4) is 0 Å². The second-order valence-electron chi connectivity index (χ2n) is 4.81. The molecule has 0 saturated carbocycles. The van der Waals surface area contributed by atoms with Gasteiger partial charge in [-0.15, -0.1) is 0 Å². The molecule has 23 heavy (non-hydrogen) atoms. The summed E-state index contributed by atoms with van der Waals surface area (Å²) in [6, 6.07) is -3.67. The normalized spacial score (nSPS) is 27.4. The minimum absolute atomic E-state index is 0.138. The average molecular weight is 365 g/mol. The predicted molar refractivity (Wildman–Crippen MR) is 60.4 cm³/mol. The Morgan fingerprint density at radius 3 is 2.39 bits per heavy atom. The summed E-state index contributed by atoms with van der Waals surface area (Å²) in [7, 11) is -6.39. The van der Waals surface area contributed by atoms with Crippen LogP contribution in [-0.2, 0) is 23.9 Å². The summed E-state index contributed by atoms with van der Waals surface area (Å²) in [5.41, 5.74) is -5.95. The molecule has 1 fully saturated rings. The van der Waals surface area contributed by atoms with Gasteiger partial charge in [0.05, 0.1) is 0 Å². The van der Waals surface area contributed by atoms with Gasteiger partial charge in [-0.2, -0.15) is 30.4 Å². The molecule has 2 rings (SSSR count). The molecule has 7 nitrogen and oxygen atoms in total. The highest BCUT2D eigenvalue weighted by Gasteiger charge is 2.61. The van der Waals surface area contributed by atoms with E-state index in [1.807, 2.05) is 0 Å². The molecule has 0 aromatic heterocycles. The van der Waals surface area contributed by atoms with Crippen LogP contribution in [0, 0.1) is 0 Å². The fourth-order valence-electron chi connectivity index (χ4n) is 2.41. The van der Waals surface area contributed by atoms with Crippen molar-refractivity contribution in [2.75, 3.05) is 0 Å². The van der Waals surface area contributed by atoms with Gasteiger partial charge in [0.25, 0.3) is 5.91 Å². The lowest BCUT2D eigenvalue weighted by Crippen LogP contribution is -2.55. The molecule has 0 aliphatic carbocycles. The van der Waals surface area contributed by atoms with Crippen molar-refractivity contribution in [1.82, 2.24) is 4.90 Å². The number of carboxylic acids is 1. The van der Waals surface area contributed by atoms with E-state index in [9.17, 15) is 40.0 Å². The van der Waals surface area contributed by atoms with Crippen LogP contribution in [0.15, 0.2) is 11.8 Å². The third-order valence-corrected chi connectivity index (χ3v) is 4.38. The van der Waals surface area contributed by atoms with Crippen molar-refractivity contribution < 1.29 is 49.2 Å². The third kappa shape index (κ3) is 2.72. The second kappa shape index (κ2) is 5.04. The Kier molecular flexibility index (Phi) is 3.82. The first-order valence-electron chi connectivity index (χ1n) is 5.95. The SMILES string of the molecule is O=C(O)[C@H]1CCC2N1C(=O)C=C(OS(=O)(=O)C(F)(F)F)C2(F)F. The molecule has 1 saturated heterocycles. The van der Waals surface area contributed by atoms with E-state index >= 15 is 0 Å². The zero-order valence-corrected chi connectivity index (χ0v) is 11.7. The molecule has 0 radical (unpaired) electrons. The molecule has 2 aliphatic heterocycles. The zero-order valence-electron chi connectivity index (χ0n) is 10.9. The first-order valence-corrected chi connectivity index (χ1v) is 7.35. The van der Waals surface area contributed by atoms with Crippen molar-refractivity contribution in [2.45, 2.75) is 36.4 Å². The van der Waals surface area contributed by atoms with Crippen LogP contribution in [0.4, 0.5) is 22.0 Å². The number of nitrogens with zero attached hydrogens (tertiary/aromatic N) is 1. The summed E-state index contributed by atoms with van der Waals surface area (Å²) in [6.45, 7) is 0. The van der Waals surface area contributed by atoms with Gasteiger partial charge < -0.3 is 14.2 Å². The van der Waals surface area contributed by atoms with E-state index < -0.39 is 57.7 Å². The minimum atomic E-state index is -6.39. The van der Waals surface area contributed by atoms with Gasteiger partial charge in [0.2, 0.25) is 0 Å². The second-order valence-corrected chi connectivity index (χ2v) is 6.35. The Hall–Kier alpha value is -1.92. The first kappa shape index (κ1) is 17.4. The van der Waals surface area contributed by atoms with Crippen molar-refractivity contribution >= 4 is 22.0 Å². The van der Waals surface area contributed by atoms with Crippen molar-refractivity contribution in [1.29, 1.82) is 0 Å². The highest BCUT2D eigenvalue weighted by Crippen LogP contribution is 2.44. The van der Waals surface area contributed by atoms with E-state index in [0.717, 1.165) is 0 Å². The Morgan fingerprint density at radius 2 is 1.91 bits per heavy atom. The van der Waals surface area contributed by atoms with Crippen LogP contribution in [0.25, 0.3) is 0 Å². The van der Waals surface area contributed by atoms with Crippen molar-refractivity contribution in [3.63, 3.8) is 0 Å². The summed E-state index contributed by atoms with van der Waals surface area (Å²) in [5.74, 6) is -9.18. The molecule has 0 aromatic rings. The lowest BCUT2D eigenvalue weighted by molar-refractivity contribution is -0.155. The standard InChI is InChI=1S/C10H8F5NO6S/c11-9(12)5-2-1-4(8(18)19)16(5)7(17)3-6(9)22-23(20,21)10(13,14)15/h3-5H,1-2H2,(H,18,19)/t4-,5?/m1/s1. The first-order chi connectivity index (χ1) is 10.3. The van der Waals surface area contributed by atoms with Gasteiger partial charge in [-0.05, 0) is 12.8 Å². The van der Waals surface area contributed by atoms with Crippen LogP contribution >= 0.6 is 0 Å². The van der Waals surface area contributed by atoms with Gasteiger partial charge in [0.15, 0.2) is 5.76 Å². The number of rotatable bonds is 3. The summed E-state index contributed by atoms with van der Waals surface area (Å²) in [6.07, 6.45) is -1.03. The van der Waals surface area contributed by atoms with Crippen molar-refractivity contribution in [3.05, 3.63) is 11.8 Å².